The van der Waals surface area contributed by atoms with Crippen molar-refractivity contribution in [3.63, 3.8) is 0 Å². The lowest BCUT2D eigenvalue weighted by Gasteiger charge is -2.34. The Kier molecular flexibility index (Phi) is 4.24. The van der Waals surface area contributed by atoms with Gasteiger partial charge in [0.15, 0.2) is 6.04 Å². The number of nitrogens with zero attached hydrogens (tertiary/aromatic N) is 3. The number of amides is 1. The number of hydrogen-bond acceptors (Lipinski definition) is 4. The number of carboxylic acid groups (broad SMARTS) is 1. The van der Waals surface area contributed by atoms with Crippen molar-refractivity contribution in [1.82, 2.24) is 14.7 Å². The number of carboxylic acids is 1. The van der Waals surface area contributed by atoms with Gasteiger partial charge in [0.2, 0.25) is 0 Å². The Balaban J connectivity index is 1.66. The summed E-state index contributed by atoms with van der Waals surface area (Å²) in [5.74, 6) is -1.14. The van der Waals surface area contributed by atoms with Gasteiger partial charge < -0.3 is 14.7 Å². The summed E-state index contributed by atoms with van der Waals surface area (Å²) in [7, 11) is 0. The van der Waals surface area contributed by atoms with Crippen LogP contribution in [0.2, 0.25) is 0 Å². The molecule has 26 heavy (non-hydrogen) atoms. The predicted octanol–water partition coefficient (Wildman–Crippen LogP) is 1.42. The Hall–Kier alpha value is -2.67. The van der Waals surface area contributed by atoms with Crippen LogP contribution >= 0.6 is 0 Å². The number of benzene rings is 1. The van der Waals surface area contributed by atoms with Gasteiger partial charge in [0.1, 0.15) is 0 Å². The maximum absolute atomic E-state index is 13.4. The fourth-order valence-electron chi connectivity index (χ4n) is 4.12. The second-order valence-electron chi connectivity index (χ2n) is 7.00. The van der Waals surface area contributed by atoms with E-state index in [4.69, 9.17) is 4.74 Å². The van der Waals surface area contributed by atoms with Crippen LogP contribution < -0.4 is 0 Å². The molecule has 4 rings (SSSR count). The van der Waals surface area contributed by atoms with Crippen molar-refractivity contribution < 1.29 is 19.4 Å². The average Bonchev–Trinajstić information content (AvgIpc) is 3.31. The maximum Gasteiger partial charge on any atom is 0.311 e. The normalized spacial score (nSPS) is 26.3. The summed E-state index contributed by atoms with van der Waals surface area (Å²) in [5, 5.41) is 14.1. The van der Waals surface area contributed by atoms with Crippen LogP contribution in [0, 0.1) is 11.3 Å². The van der Waals surface area contributed by atoms with Crippen molar-refractivity contribution in [2.45, 2.75) is 12.5 Å². The van der Waals surface area contributed by atoms with Crippen LogP contribution in [-0.2, 0) is 14.3 Å². The molecule has 2 aromatic rings. The van der Waals surface area contributed by atoms with Crippen molar-refractivity contribution in [3.8, 4) is 0 Å². The molecule has 2 aliphatic heterocycles. The SMILES string of the molecule is O=C(C(c1ccccc1)n1cccn1)N1C[C@H]2COCC[C@@]2(C(=O)O)C1. The number of fused-ring (bicyclic) bond motifs is 1. The molecule has 0 saturated carbocycles. The zero-order chi connectivity index (χ0) is 18.1. The molecule has 3 atom stereocenters. The van der Waals surface area contributed by atoms with Gasteiger partial charge in [0.05, 0.1) is 12.0 Å². The molecular weight excluding hydrogens is 334 g/mol. The summed E-state index contributed by atoms with van der Waals surface area (Å²) >= 11 is 0. The lowest BCUT2D eigenvalue weighted by molar-refractivity contribution is -0.157. The smallest absolute Gasteiger partial charge is 0.311 e. The molecule has 7 nitrogen and oxygen atoms in total. The minimum Gasteiger partial charge on any atom is -0.481 e. The number of ether oxygens (including phenoxy) is 1. The fourth-order valence-corrected chi connectivity index (χ4v) is 4.12. The summed E-state index contributed by atoms with van der Waals surface area (Å²) in [6, 6.07) is 10.6. The Morgan fingerprint density at radius 2 is 2.08 bits per heavy atom. The van der Waals surface area contributed by atoms with E-state index < -0.39 is 17.4 Å². The monoisotopic (exact) mass is 355 g/mol. The van der Waals surface area contributed by atoms with Crippen molar-refractivity contribution in [2.75, 3.05) is 26.3 Å². The van der Waals surface area contributed by atoms with Crippen molar-refractivity contribution >= 4 is 11.9 Å². The van der Waals surface area contributed by atoms with Gasteiger partial charge in [0, 0.05) is 38.0 Å². The molecule has 0 bridgehead atoms. The second-order valence-corrected chi connectivity index (χ2v) is 7.00. The minimum atomic E-state index is -0.904. The van der Waals surface area contributed by atoms with Gasteiger partial charge in [-0.2, -0.15) is 5.10 Å². The van der Waals surface area contributed by atoms with Gasteiger partial charge in [-0.1, -0.05) is 30.3 Å². The Labute approximate surface area is 151 Å². The highest BCUT2D eigenvalue weighted by atomic mass is 16.5. The van der Waals surface area contributed by atoms with Crippen LogP contribution in [0.15, 0.2) is 48.8 Å². The molecule has 7 heteroatoms. The molecule has 1 N–H and O–H groups in total. The van der Waals surface area contributed by atoms with E-state index in [1.807, 2.05) is 30.3 Å². The summed E-state index contributed by atoms with van der Waals surface area (Å²) in [5.41, 5.74) is -0.0732. The number of likely N-dealkylation sites (tertiary alicyclic amines) is 1. The number of aromatic nitrogens is 2. The third kappa shape index (κ3) is 2.68. The summed E-state index contributed by atoms with van der Waals surface area (Å²) in [6.07, 6.45) is 3.84. The van der Waals surface area contributed by atoms with Crippen LogP contribution in [0.5, 0.6) is 0 Å². The average molecular weight is 355 g/mol. The molecule has 0 aliphatic carbocycles. The molecule has 1 amide bonds. The summed E-state index contributed by atoms with van der Waals surface area (Å²) in [6.45, 7) is 1.43. The zero-order valence-corrected chi connectivity index (χ0v) is 14.3. The first-order valence-corrected chi connectivity index (χ1v) is 8.76. The standard InChI is InChI=1S/C19H21N3O4/c23-17(16(22-9-4-8-20-22)14-5-2-1-3-6-14)21-11-15-12-26-10-7-19(15,13-21)18(24)25/h1-6,8-9,15-16H,7,10-13H2,(H,24,25)/t15-,16?,19+/m0/s1. The van der Waals surface area contributed by atoms with Crippen molar-refractivity contribution in [2.24, 2.45) is 11.3 Å². The Bertz CT molecular complexity index is 792. The largest absolute Gasteiger partial charge is 0.481 e. The Morgan fingerprint density at radius 3 is 2.73 bits per heavy atom. The van der Waals surface area contributed by atoms with Gasteiger partial charge in [-0.15, -0.1) is 0 Å². The predicted molar refractivity (Wildman–Crippen MR) is 92.4 cm³/mol. The number of carbonyl (C=O) groups is 2. The van der Waals surface area contributed by atoms with Crippen molar-refractivity contribution in [1.29, 1.82) is 0 Å². The number of aliphatic carboxylic acids is 1. The quantitative estimate of drug-likeness (QED) is 0.897. The number of carbonyl (C=O) groups excluding carboxylic acids is 1. The fraction of sp³-hybridized carbons (Fsp3) is 0.421. The lowest BCUT2D eigenvalue weighted by Crippen LogP contribution is -2.45. The van der Waals surface area contributed by atoms with Gasteiger partial charge in [-0.3, -0.25) is 14.3 Å². The number of hydrogen-bond donors (Lipinski definition) is 1. The van der Waals surface area contributed by atoms with Gasteiger partial charge in [0.25, 0.3) is 5.91 Å². The highest BCUT2D eigenvalue weighted by Crippen LogP contribution is 2.43. The van der Waals surface area contributed by atoms with Crippen LogP contribution in [0.4, 0.5) is 0 Å². The van der Waals surface area contributed by atoms with Crippen molar-refractivity contribution in [3.05, 3.63) is 54.4 Å². The highest BCUT2D eigenvalue weighted by Gasteiger charge is 2.55. The third-order valence-electron chi connectivity index (χ3n) is 5.58. The highest BCUT2D eigenvalue weighted by molar-refractivity contribution is 5.86. The van der Waals surface area contributed by atoms with E-state index in [0.717, 1.165) is 5.56 Å². The second kappa shape index (κ2) is 6.57. The van der Waals surface area contributed by atoms with Gasteiger partial charge in [-0.05, 0) is 18.1 Å². The Morgan fingerprint density at radius 1 is 1.27 bits per heavy atom. The van der Waals surface area contributed by atoms with Crippen LogP contribution in [0.1, 0.15) is 18.0 Å². The van der Waals surface area contributed by atoms with E-state index in [-0.39, 0.29) is 18.4 Å². The summed E-state index contributed by atoms with van der Waals surface area (Å²) in [4.78, 5) is 27.0. The van der Waals surface area contributed by atoms with Crippen LogP contribution in [0.3, 0.4) is 0 Å². The first-order valence-electron chi connectivity index (χ1n) is 8.76. The number of rotatable bonds is 4. The molecule has 1 aromatic carbocycles. The van der Waals surface area contributed by atoms with E-state index in [2.05, 4.69) is 5.10 Å². The molecule has 2 aliphatic rings. The maximum atomic E-state index is 13.4. The minimum absolute atomic E-state index is 0.130. The molecule has 0 radical (unpaired) electrons. The molecule has 1 aromatic heterocycles. The van der Waals surface area contributed by atoms with Gasteiger partial charge in [-0.25, -0.2) is 0 Å². The molecule has 2 fully saturated rings. The third-order valence-corrected chi connectivity index (χ3v) is 5.58. The van der Waals surface area contributed by atoms with Gasteiger partial charge >= 0.3 is 5.97 Å². The first kappa shape index (κ1) is 16.8. The van der Waals surface area contributed by atoms with E-state index in [9.17, 15) is 14.7 Å². The van der Waals surface area contributed by atoms with E-state index in [1.165, 1.54) is 0 Å². The summed E-state index contributed by atoms with van der Waals surface area (Å²) < 4.78 is 7.11. The molecule has 3 heterocycles. The molecule has 136 valence electrons. The first-order chi connectivity index (χ1) is 12.6. The van der Waals surface area contributed by atoms with E-state index in [0.29, 0.717) is 26.2 Å². The van der Waals surface area contributed by atoms with E-state index >= 15 is 0 Å². The molecular formula is C19H21N3O4. The molecule has 2 saturated heterocycles. The topological polar surface area (TPSA) is 84.7 Å². The molecule has 0 spiro atoms. The van der Waals surface area contributed by atoms with Crippen LogP contribution in [0.25, 0.3) is 0 Å². The zero-order valence-electron chi connectivity index (χ0n) is 14.3. The molecule has 1 unspecified atom stereocenters. The lowest BCUT2D eigenvalue weighted by atomic mass is 9.74. The van der Waals surface area contributed by atoms with Crippen LogP contribution in [-0.4, -0.2) is 58.0 Å². The van der Waals surface area contributed by atoms with E-state index in [1.54, 1.807) is 28.0 Å².